The van der Waals surface area contributed by atoms with Crippen LogP contribution in [0.25, 0.3) is 0 Å². The molecule has 0 aliphatic rings. The summed E-state index contributed by atoms with van der Waals surface area (Å²) in [4.78, 5) is 0. The quantitative estimate of drug-likeness (QED) is 0.317. The topological polar surface area (TPSA) is 0 Å². The van der Waals surface area contributed by atoms with Crippen molar-refractivity contribution in [1.82, 2.24) is 0 Å². The molecule has 0 aliphatic heterocycles. The lowest BCUT2D eigenvalue weighted by Crippen LogP contribution is -2.12. The summed E-state index contributed by atoms with van der Waals surface area (Å²) in [7, 11) is 0. The van der Waals surface area contributed by atoms with Crippen LogP contribution in [-0.4, -0.2) is 0 Å². The van der Waals surface area contributed by atoms with Crippen molar-refractivity contribution in [3.05, 3.63) is 24.3 Å². The van der Waals surface area contributed by atoms with Crippen molar-refractivity contribution >= 4 is 0 Å². The molecule has 0 radical (unpaired) electrons. The highest BCUT2D eigenvalue weighted by Gasteiger charge is 2.16. The minimum Gasteiger partial charge on any atom is -0.0857 e. The molecule has 0 nitrogen and oxygen atoms in total. The van der Waals surface area contributed by atoms with Gasteiger partial charge in [0, 0.05) is 0 Å². The van der Waals surface area contributed by atoms with Crippen molar-refractivity contribution < 1.29 is 0 Å². The third-order valence-electron chi connectivity index (χ3n) is 3.59. The van der Waals surface area contributed by atoms with Gasteiger partial charge in [-0.15, -0.1) is 0 Å². The van der Waals surface area contributed by atoms with Crippen molar-refractivity contribution in [1.29, 1.82) is 0 Å². The van der Waals surface area contributed by atoms with E-state index in [4.69, 9.17) is 0 Å². The predicted octanol–water partition coefficient (Wildman–Crippen LogP) is 15.2. The third-order valence-corrected chi connectivity index (χ3v) is 3.59. The normalized spacial score (nSPS) is 11.3. The van der Waals surface area contributed by atoms with E-state index in [2.05, 4.69) is 156 Å². The second-order valence-corrected chi connectivity index (χ2v) is 15.3. The second-order valence-electron chi connectivity index (χ2n) is 15.3. The molecular weight excluding hydrogens is 444 g/mol. The molecule has 0 saturated carbocycles. The highest BCUT2D eigenvalue weighted by molar-refractivity contribution is 4.98. The lowest BCUT2D eigenvalue weighted by Gasteiger charge is -2.24. The largest absolute Gasteiger partial charge is 0.0857 e. The minimum atomic E-state index is 0. The molecule has 0 unspecified atom stereocenters. The molecule has 0 aromatic carbocycles. The van der Waals surface area contributed by atoms with E-state index in [1.165, 1.54) is 12.8 Å². The molecule has 0 aliphatic carbocycles. The number of hydrogen-bond donors (Lipinski definition) is 0. The SMILES string of the molecule is C.C.C.C.C.CC(C)(C)C=CC(C)(C)C.CC(C)(C)CCC(C)(C)C.CC(C)C.CC(C)C=CC(C)C. The van der Waals surface area contributed by atoms with Crippen LogP contribution in [0.1, 0.15) is 182 Å². The number of rotatable bonds is 3. The summed E-state index contributed by atoms with van der Waals surface area (Å²) in [5.74, 6) is 2.25. The smallest absolute Gasteiger partial charge is 0.0203 e. The van der Waals surface area contributed by atoms with Gasteiger partial charge in [-0.2, -0.15) is 0 Å². The van der Waals surface area contributed by atoms with Crippen molar-refractivity contribution in [3.63, 3.8) is 0 Å². The van der Waals surface area contributed by atoms with Gasteiger partial charge in [0.05, 0.1) is 0 Å². The summed E-state index contributed by atoms with van der Waals surface area (Å²) in [6.45, 7) is 42.4. The summed E-state index contributed by atoms with van der Waals surface area (Å²) in [5, 5.41) is 0. The van der Waals surface area contributed by atoms with Crippen LogP contribution in [0.2, 0.25) is 0 Å². The van der Waals surface area contributed by atoms with E-state index in [1.807, 2.05) is 0 Å². The average molecular weight is 533 g/mol. The molecule has 0 rings (SSSR count). The second kappa shape index (κ2) is 28.5. The van der Waals surface area contributed by atoms with E-state index in [0.29, 0.717) is 33.5 Å². The Morgan fingerprint density at radius 1 is 0.405 bits per heavy atom. The summed E-state index contributed by atoms with van der Waals surface area (Å²) in [6.07, 6.45) is 11.7. The number of allylic oxidation sites excluding steroid dienone is 4. The van der Waals surface area contributed by atoms with Crippen molar-refractivity contribution in [2.45, 2.75) is 182 Å². The molecular formula is C37H88. The molecule has 0 bridgehead atoms. The zero-order chi connectivity index (χ0) is 27.0. The summed E-state index contributed by atoms with van der Waals surface area (Å²) >= 11 is 0. The van der Waals surface area contributed by atoms with Gasteiger partial charge < -0.3 is 0 Å². The molecule has 0 atom stereocenters. The Morgan fingerprint density at radius 3 is 0.649 bits per heavy atom. The first-order chi connectivity index (χ1) is 13.8. The highest BCUT2D eigenvalue weighted by Crippen LogP contribution is 2.29. The van der Waals surface area contributed by atoms with Crippen molar-refractivity contribution in [2.24, 2.45) is 39.4 Å². The summed E-state index contributed by atoms with van der Waals surface area (Å²) in [6, 6.07) is 0. The Kier molecular flexibility index (Phi) is 46.8. The average Bonchev–Trinajstić information content (AvgIpc) is 2.47. The Labute approximate surface area is 245 Å². The molecule has 0 spiro atoms. The van der Waals surface area contributed by atoms with Crippen molar-refractivity contribution in [2.75, 3.05) is 0 Å². The Balaban J connectivity index is -0.0000000400. The Bertz CT molecular complexity index is 399. The first-order valence-electron chi connectivity index (χ1n) is 13.2. The van der Waals surface area contributed by atoms with Gasteiger partial charge in [0.25, 0.3) is 0 Å². The lowest BCUT2D eigenvalue weighted by atomic mass is 9.81. The van der Waals surface area contributed by atoms with Gasteiger partial charge in [-0.1, -0.05) is 193 Å². The fourth-order valence-electron chi connectivity index (χ4n) is 1.69. The van der Waals surface area contributed by atoms with Gasteiger partial charge in [-0.3, -0.25) is 0 Å². The van der Waals surface area contributed by atoms with Crippen LogP contribution in [0.15, 0.2) is 24.3 Å². The van der Waals surface area contributed by atoms with E-state index in [9.17, 15) is 0 Å². The van der Waals surface area contributed by atoms with Crippen molar-refractivity contribution in [3.8, 4) is 0 Å². The molecule has 0 heteroatoms. The van der Waals surface area contributed by atoms with Crippen LogP contribution in [-0.2, 0) is 0 Å². The van der Waals surface area contributed by atoms with E-state index < -0.39 is 0 Å². The summed E-state index contributed by atoms with van der Waals surface area (Å²) in [5.41, 5.74) is 1.67. The third kappa shape index (κ3) is 116. The first-order valence-corrected chi connectivity index (χ1v) is 13.2. The molecule has 37 heavy (non-hydrogen) atoms. The monoisotopic (exact) mass is 533 g/mol. The Hall–Kier alpha value is -0.520. The highest BCUT2D eigenvalue weighted by atomic mass is 14.2. The van der Waals surface area contributed by atoms with Gasteiger partial charge in [-0.25, -0.2) is 0 Å². The van der Waals surface area contributed by atoms with E-state index in [0.717, 1.165) is 5.92 Å². The van der Waals surface area contributed by atoms with Gasteiger partial charge >= 0.3 is 0 Å². The van der Waals surface area contributed by atoms with Gasteiger partial charge in [0.15, 0.2) is 0 Å². The predicted molar refractivity (Wildman–Crippen MR) is 189 cm³/mol. The van der Waals surface area contributed by atoms with E-state index in [1.54, 1.807) is 0 Å². The van der Waals surface area contributed by atoms with Gasteiger partial charge in [0.2, 0.25) is 0 Å². The van der Waals surface area contributed by atoms with Crippen LogP contribution >= 0.6 is 0 Å². The van der Waals surface area contributed by atoms with Crippen LogP contribution in [0, 0.1) is 39.4 Å². The minimum absolute atomic E-state index is 0. The molecule has 0 saturated heterocycles. The Morgan fingerprint density at radius 2 is 0.568 bits per heavy atom. The fraction of sp³-hybridized carbons (Fsp3) is 0.892. The van der Waals surface area contributed by atoms with Crippen LogP contribution in [0.5, 0.6) is 0 Å². The maximum absolute atomic E-state index is 2.30. The van der Waals surface area contributed by atoms with Gasteiger partial charge in [0.1, 0.15) is 0 Å². The fourth-order valence-corrected chi connectivity index (χ4v) is 1.69. The molecule has 0 aromatic rings. The zero-order valence-electron chi connectivity index (χ0n) is 26.5. The van der Waals surface area contributed by atoms with E-state index >= 15 is 0 Å². The lowest BCUT2D eigenvalue weighted by molar-refractivity contribution is 0.275. The molecule has 236 valence electrons. The maximum Gasteiger partial charge on any atom is -0.0203 e. The molecule has 0 aromatic heterocycles. The summed E-state index contributed by atoms with van der Waals surface area (Å²) < 4.78 is 0. The number of hydrogen-bond acceptors (Lipinski definition) is 0. The maximum atomic E-state index is 2.30. The molecule has 0 fully saturated rings. The molecule has 0 N–H and O–H groups in total. The van der Waals surface area contributed by atoms with Gasteiger partial charge in [-0.05, 0) is 52.3 Å². The standard InChI is InChI=1S/C10H22.C10H20.C8H16.C4H10.5CH4/c2*1-9(2,3)7-8-10(4,5)6;1-7(2)5-6-8(3)4;1-4(2)3;;;;;/h7-8H2,1-6H3;7-8H,1-6H3;5-8H,1-4H3;4H,1-3H3;5*1H4. The van der Waals surface area contributed by atoms with Crippen LogP contribution in [0.3, 0.4) is 0 Å². The molecule has 0 heterocycles. The zero-order valence-corrected chi connectivity index (χ0v) is 26.5. The van der Waals surface area contributed by atoms with Crippen LogP contribution in [0.4, 0.5) is 0 Å². The first kappa shape index (κ1) is 60.8. The molecule has 0 amide bonds. The van der Waals surface area contributed by atoms with Crippen LogP contribution < -0.4 is 0 Å². The van der Waals surface area contributed by atoms with E-state index in [-0.39, 0.29) is 37.1 Å².